The van der Waals surface area contributed by atoms with Gasteiger partial charge in [-0.2, -0.15) is 14.0 Å². The van der Waals surface area contributed by atoms with E-state index in [0.717, 1.165) is 17.5 Å². The highest BCUT2D eigenvalue weighted by molar-refractivity contribution is 5.89. The Kier molecular flexibility index (Phi) is 3.55. The third kappa shape index (κ3) is 2.20. The fourth-order valence-corrected chi connectivity index (χ4v) is 4.75. The van der Waals surface area contributed by atoms with Crippen molar-refractivity contribution in [3.05, 3.63) is 54.0 Å². The minimum Gasteiger partial charge on any atom is -0.346 e. The quantitative estimate of drug-likeness (QED) is 0.690. The summed E-state index contributed by atoms with van der Waals surface area (Å²) in [6.45, 7) is 0. The van der Waals surface area contributed by atoms with Gasteiger partial charge in [-0.25, -0.2) is 19.2 Å². The minimum absolute atomic E-state index is 0.270. The molecule has 0 aliphatic carbocycles. The lowest BCUT2D eigenvalue weighted by molar-refractivity contribution is -0.915. The number of fused-ring (bicyclic) bond motifs is 2. The number of carbonyl (C=O) groups is 1. The van der Waals surface area contributed by atoms with Crippen LogP contribution in [0.15, 0.2) is 42.9 Å². The van der Waals surface area contributed by atoms with E-state index < -0.39 is 29.7 Å². The smallest absolute Gasteiger partial charge is 0.346 e. The fraction of sp³-hybridized carbons (Fsp3) is 0.300. The second kappa shape index (κ2) is 5.81. The van der Waals surface area contributed by atoms with Gasteiger partial charge < -0.3 is 4.98 Å². The van der Waals surface area contributed by atoms with Crippen molar-refractivity contribution in [2.45, 2.75) is 31.1 Å². The average Bonchev–Trinajstić information content (AvgIpc) is 3.47. The highest BCUT2D eigenvalue weighted by Crippen LogP contribution is 2.52. The van der Waals surface area contributed by atoms with E-state index in [1.54, 1.807) is 13.2 Å². The average molecular weight is 395 g/mol. The molecule has 3 aliphatic heterocycles. The molecule has 3 aromatic rings. The maximum absolute atomic E-state index is 15.1. The maximum Gasteiger partial charge on any atom is 0.391 e. The Bertz CT molecular complexity index is 1150. The molecule has 6 rings (SSSR count). The summed E-state index contributed by atoms with van der Waals surface area (Å²) < 4.78 is 29.9. The van der Waals surface area contributed by atoms with Crippen LogP contribution in [-0.2, 0) is 10.7 Å². The number of carbonyl (C=O) groups excluding carboxylic acids is 1. The Hall–Kier alpha value is -3.38. The molecule has 2 bridgehead atoms. The summed E-state index contributed by atoms with van der Waals surface area (Å²) in [5.41, 5.74) is 0.547. The third-order valence-corrected chi connectivity index (χ3v) is 6.22. The second-order valence-corrected chi connectivity index (χ2v) is 7.60. The zero-order valence-corrected chi connectivity index (χ0v) is 15.5. The van der Waals surface area contributed by atoms with E-state index in [0.29, 0.717) is 24.3 Å². The lowest BCUT2D eigenvalue weighted by Crippen LogP contribution is -2.80. The van der Waals surface area contributed by atoms with Crippen LogP contribution in [0, 0.1) is 11.3 Å². The number of alkyl halides is 2. The third-order valence-electron chi connectivity index (χ3n) is 6.22. The van der Waals surface area contributed by atoms with Gasteiger partial charge in [0.2, 0.25) is 0 Å². The van der Waals surface area contributed by atoms with Gasteiger partial charge >= 0.3 is 11.8 Å². The molecule has 1 amide bonds. The highest BCUT2D eigenvalue weighted by Gasteiger charge is 2.72. The number of halogens is 2. The molecule has 3 fully saturated rings. The number of aromatic amines is 1. The Morgan fingerprint density at radius 1 is 1.24 bits per heavy atom. The van der Waals surface area contributed by atoms with Crippen molar-refractivity contribution in [2.75, 3.05) is 11.9 Å². The normalized spacial score (nSPS) is 25.7. The summed E-state index contributed by atoms with van der Waals surface area (Å²) >= 11 is 0. The molecule has 2 aromatic heterocycles. The van der Waals surface area contributed by atoms with Crippen molar-refractivity contribution in [3.8, 4) is 6.07 Å². The first-order chi connectivity index (χ1) is 13.9. The fourth-order valence-electron chi connectivity index (χ4n) is 4.75. The summed E-state index contributed by atoms with van der Waals surface area (Å²) in [6, 6.07) is 8.64. The van der Waals surface area contributed by atoms with E-state index in [2.05, 4.69) is 15.0 Å². The van der Waals surface area contributed by atoms with Gasteiger partial charge in [-0.15, -0.1) is 0 Å². The molecule has 3 aliphatic rings. The van der Waals surface area contributed by atoms with E-state index >= 15 is 8.78 Å². The number of hydrogen-bond donors (Lipinski definition) is 1. The van der Waals surface area contributed by atoms with Gasteiger partial charge in [0, 0.05) is 24.6 Å². The van der Waals surface area contributed by atoms with Gasteiger partial charge in [-0.3, -0.25) is 4.90 Å². The largest absolute Gasteiger partial charge is 0.391 e. The first-order valence-electron chi connectivity index (χ1n) is 9.25. The van der Waals surface area contributed by atoms with Crippen LogP contribution in [-0.4, -0.2) is 44.7 Å². The SMILES string of the molecule is C[N+]1(C(=O)C(F)(F)c2ccc(C#N)cc2)C2CCC1N2c1ncnc2[nH]ccc12. The molecule has 3 saturated heterocycles. The van der Waals surface area contributed by atoms with E-state index in [-0.39, 0.29) is 10.0 Å². The number of nitrogens with one attached hydrogen (secondary N) is 1. The minimum atomic E-state index is -3.65. The molecule has 0 spiro atoms. The number of nitrogens with zero attached hydrogens (tertiary/aromatic N) is 5. The van der Waals surface area contributed by atoms with Crippen LogP contribution in [0.2, 0.25) is 0 Å². The number of quaternary nitrogens is 1. The first kappa shape index (κ1) is 17.7. The first-order valence-corrected chi connectivity index (χ1v) is 9.25. The van der Waals surface area contributed by atoms with Crippen LogP contribution >= 0.6 is 0 Å². The molecule has 2 atom stereocenters. The predicted molar refractivity (Wildman–Crippen MR) is 99.4 cm³/mol. The van der Waals surface area contributed by atoms with Gasteiger partial charge in [0.15, 0.2) is 18.1 Å². The molecule has 7 nitrogen and oxygen atoms in total. The van der Waals surface area contributed by atoms with E-state index in [4.69, 9.17) is 5.26 Å². The summed E-state index contributed by atoms with van der Waals surface area (Å²) in [6.07, 6.45) is 3.65. The van der Waals surface area contributed by atoms with Crippen molar-refractivity contribution in [2.24, 2.45) is 0 Å². The molecule has 0 saturated carbocycles. The maximum atomic E-state index is 15.1. The topological polar surface area (TPSA) is 85.7 Å². The van der Waals surface area contributed by atoms with Gasteiger partial charge in [-0.05, 0) is 18.2 Å². The standard InChI is InChI=1S/C20H17F2N6O/c1-28(19(29)20(21,22)13-4-2-12(10-23)3-5-13)15-6-7-16(28)27(15)18-14-8-9-24-17(14)25-11-26-18/h2-5,8-9,11,15-16H,6-7H2,1H3,(H,24,25,26)/q+1. The van der Waals surface area contributed by atoms with Crippen molar-refractivity contribution in [3.63, 3.8) is 0 Å². The van der Waals surface area contributed by atoms with Gasteiger partial charge in [0.25, 0.3) is 0 Å². The Labute approximate surface area is 164 Å². The van der Waals surface area contributed by atoms with Gasteiger partial charge in [-0.1, -0.05) is 12.1 Å². The monoisotopic (exact) mass is 395 g/mol. The number of anilines is 1. The lowest BCUT2D eigenvalue weighted by Gasteiger charge is -2.55. The predicted octanol–water partition coefficient (Wildman–Crippen LogP) is 2.86. The van der Waals surface area contributed by atoms with Crippen LogP contribution in [0.4, 0.5) is 14.6 Å². The number of benzene rings is 1. The number of rotatable bonds is 3. The lowest BCUT2D eigenvalue weighted by atomic mass is 10.0. The Balaban J connectivity index is 1.48. The molecule has 5 heterocycles. The molecule has 2 unspecified atom stereocenters. The van der Waals surface area contributed by atoms with E-state index in [9.17, 15) is 4.79 Å². The van der Waals surface area contributed by atoms with Crippen molar-refractivity contribution < 1.29 is 18.1 Å². The van der Waals surface area contributed by atoms with Crippen LogP contribution in [0.25, 0.3) is 11.0 Å². The molecule has 146 valence electrons. The Morgan fingerprint density at radius 3 is 2.59 bits per heavy atom. The summed E-state index contributed by atoms with van der Waals surface area (Å²) in [7, 11) is 1.58. The number of likely N-dealkylation sites (N-methyl/N-ethyl adjacent to an activating group) is 1. The molecular weight excluding hydrogens is 378 g/mol. The number of aromatic nitrogens is 3. The molecule has 1 N–H and O–H groups in total. The van der Waals surface area contributed by atoms with Crippen molar-refractivity contribution >= 4 is 22.8 Å². The number of hydrogen-bond acceptors (Lipinski definition) is 5. The second-order valence-electron chi connectivity index (χ2n) is 7.60. The zero-order chi connectivity index (χ0) is 20.4. The summed E-state index contributed by atoms with van der Waals surface area (Å²) in [5.74, 6) is -4.12. The molecule has 1 aromatic carbocycles. The van der Waals surface area contributed by atoms with Crippen LogP contribution in [0.3, 0.4) is 0 Å². The molecule has 9 heteroatoms. The summed E-state index contributed by atoms with van der Waals surface area (Å²) in [5, 5.41) is 9.67. The van der Waals surface area contributed by atoms with Crippen LogP contribution in [0.5, 0.6) is 0 Å². The van der Waals surface area contributed by atoms with Gasteiger partial charge in [0.1, 0.15) is 12.0 Å². The summed E-state index contributed by atoms with van der Waals surface area (Å²) in [4.78, 5) is 26.6. The molecular formula is C20H17F2N6O+. The van der Waals surface area contributed by atoms with Gasteiger partial charge in [0.05, 0.1) is 24.1 Å². The number of H-pyrrole nitrogens is 1. The zero-order valence-electron chi connectivity index (χ0n) is 15.5. The highest BCUT2D eigenvalue weighted by atomic mass is 19.3. The number of nitriles is 1. The van der Waals surface area contributed by atoms with Crippen LogP contribution in [0.1, 0.15) is 24.0 Å². The molecule has 0 radical (unpaired) electrons. The van der Waals surface area contributed by atoms with E-state index in [1.165, 1.54) is 18.5 Å². The van der Waals surface area contributed by atoms with E-state index in [1.807, 2.05) is 17.0 Å². The Morgan fingerprint density at radius 2 is 1.93 bits per heavy atom. The number of amides is 1. The van der Waals surface area contributed by atoms with Crippen LogP contribution < -0.4 is 4.90 Å². The van der Waals surface area contributed by atoms with Crippen molar-refractivity contribution in [1.82, 2.24) is 15.0 Å². The van der Waals surface area contributed by atoms with Crippen molar-refractivity contribution in [1.29, 1.82) is 5.26 Å². The molecule has 29 heavy (non-hydrogen) atoms.